The Balaban J connectivity index is 1.56. The van der Waals surface area contributed by atoms with E-state index in [9.17, 15) is 21.6 Å². The number of alkyl halides is 3. The zero-order valence-corrected chi connectivity index (χ0v) is 22.6. The SMILES string of the molecule is Cc1cccc(COc2ccccc2-n2nc(C(F)(F)F)cc2-c2cc(-c3cccc(S(C)(=O)=O)c3)cs2)c1. The van der Waals surface area contributed by atoms with E-state index in [0.717, 1.165) is 23.4 Å². The molecule has 5 aromatic rings. The van der Waals surface area contributed by atoms with E-state index in [1.807, 2.05) is 31.2 Å². The predicted molar refractivity (Wildman–Crippen MR) is 146 cm³/mol. The molecule has 0 fully saturated rings. The molecule has 200 valence electrons. The minimum absolute atomic E-state index is 0.164. The molecule has 5 rings (SSSR count). The number of ether oxygens (including phenoxy) is 1. The van der Waals surface area contributed by atoms with Crippen LogP contribution in [0.1, 0.15) is 16.8 Å². The molecule has 0 atom stereocenters. The molecule has 5 nitrogen and oxygen atoms in total. The highest BCUT2D eigenvalue weighted by atomic mass is 32.2. The van der Waals surface area contributed by atoms with Gasteiger partial charge in [0, 0.05) is 6.26 Å². The van der Waals surface area contributed by atoms with Crippen molar-refractivity contribution in [3.05, 3.63) is 107 Å². The lowest BCUT2D eigenvalue weighted by Crippen LogP contribution is -2.08. The van der Waals surface area contributed by atoms with Gasteiger partial charge in [0.05, 0.1) is 15.5 Å². The van der Waals surface area contributed by atoms with Crippen molar-refractivity contribution in [1.82, 2.24) is 9.78 Å². The summed E-state index contributed by atoms with van der Waals surface area (Å²) < 4.78 is 72.7. The molecule has 0 saturated carbocycles. The summed E-state index contributed by atoms with van der Waals surface area (Å²) in [5, 5.41) is 5.70. The van der Waals surface area contributed by atoms with Gasteiger partial charge in [0.2, 0.25) is 0 Å². The minimum atomic E-state index is -4.65. The Kier molecular flexibility index (Phi) is 7.09. The monoisotopic (exact) mass is 568 g/mol. The summed E-state index contributed by atoms with van der Waals surface area (Å²) in [6.07, 6.45) is -3.53. The summed E-state index contributed by atoms with van der Waals surface area (Å²) in [6, 6.07) is 23.8. The highest BCUT2D eigenvalue weighted by molar-refractivity contribution is 7.90. The average molecular weight is 569 g/mol. The van der Waals surface area contributed by atoms with Gasteiger partial charge in [-0.05, 0) is 65.4 Å². The van der Waals surface area contributed by atoms with Crippen molar-refractivity contribution in [3.8, 4) is 33.1 Å². The molecule has 0 bridgehead atoms. The van der Waals surface area contributed by atoms with Gasteiger partial charge in [0.15, 0.2) is 15.5 Å². The standard InChI is InChI=1S/C29H23F3N2O3S2/c1-19-7-5-8-20(13-19)17-37-26-12-4-3-11-24(26)34-25(16-28(33-34)29(30,31)32)27-15-22(18-38-27)21-9-6-10-23(14-21)39(2,35)36/h3-16,18H,17H2,1-2H3. The molecule has 0 amide bonds. The van der Waals surface area contributed by atoms with Gasteiger partial charge in [-0.25, -0.2) is 13.1 Å². The van der Waals surface area contributed by atoms with Crippen molar-refractivity contribution in [3.63, 3.8) is 0 Å². The largest absolute Gasteiger partial charge is 0.487 e. The quantitative estimate of drug-likeness (QED) is 0.203. The lowest BCUT2D eigenvalue weighted by molar-refractivity contribution is -0.141. The molecule has 10 heteroatoms. The number of hydrogen-bond donors (Lipinski definition) is 0. The molecule has 0 aliphatic carbocycles. The number of benzene rings is 3. The van der Waals surface area contributed by atoms with Crippen LogP contribution in [0.5, 0.6) is 5.75 Å². The predicted octanol–water partition coefficient (Wildman–Crippen LogP) is 7.58. The summed E-state index contributed by atoms with van der Waals surface area (Å²) in [5.41, 5.74) is 2.91. The highest BCUT2D eigenvalue weighted by Gasteiger charge is 2.36. The van der Waals surface area contributed by atoms with Gasteiger partial charge in [-0.3, -0.25) is 0 Å². The normalized spacial score (nSPS) is 12.0. The van der Waals surface area contributed by atoms with Crippen LogP contribution >= 0.6 is 11.3 Å². The Morgan fingerprint density at radius 2 is 1.69 bits per heavy atom. The highest BCUT2D eigenvalue weighted by Crippen LogP contribution is 2.39. The number of para-hydroxylation sites is 2. The van der Waals surface area contributed by atoms with Crippen molar-refractivity contribution in [2.45, 2.75) is 24.6 Å². The third-order valence-electron chi connectivity index (χ3n) is 6.02. The Labute approximate surface area is 228 Å². The lowest BCUT2D eigenvalue weighted by Gasteiger charge is -2.14. The van der Waals surface area contributed by atoms with Crippen molar-refractivity contribution < 1.29 is 26.3 Å². The van der Waals surface area contributed by atoms with E-state index in [4.69, 9.17) is 4.74 Å². The van der Waals surface area contributed by atoms with E-state index in [1.54, 1.807) is 53.9 Å². The number of sulfone groups is 1. The Morgan fingerprint density at radius 1 is 0.923 bits per heavy atom. The summed E-state index contributed by atoms with van der Waals surface area (Å²) in [6.45, 7) is 2.21. The first kappa shape index (κ1) is 26.7. The zero-order chi connectivity index (χ0) is 27.8. The second kappa shape index (κ2) is 10.3. The third kappa shape index (κ3) is 5.91. The van der Waals surface area contributed by atoms with Crippen LogP contribution in [0.3, 0.4) is 0 Å². The maximum atomic E-state index is 13.8. The number of aryl methyl sites for hydroxylation is 1. The van der Waals surface area contributed by atoms with Crippen LogP contribution in [0.25, 0.3) is 27.4 Å². The Morgan fingerprint density at radius 3 is 2.44 bits per heavy atom. The maximum absolute atomic E-state index is 13.8. The van der Waals surface area contributed by atoms with Crippen LogP contribution in [0.15, 0.2) is 95.2 Å². The molecular weight excluding hydrogens is 545 g/mol. The van der Waals surface area contributed by atoms with Gasteiger partial charge in [-0.2, -0.15) is 18.3 Å². The molecule has 0 saturated heterocycles. The molecule has 39 heavy (non-hydrogen) atoms. The second-order valence-electron chi connectivity index (χ2n) is 9.07. The molecule has 2 aromatic heterocycles. The van der Waals surface area contributed by atoms with Crippen molar-refractivity contribution >= 4 is 21.2 Å². The van der Waals surface area contributed by atoms with E-state index >= 15 is 0 Å². The van der Waals surface area contributed by atoms with Crippen LogP contribution in [0, 0.1) is 6.92 Å². The van der Waals surface area contributed by atoms with Crippen LogP contribution in [-0.2, 0) is 22.6 Å². The smallest absolute Gasteiger partial charge is 0.435 e. The fourth-order valence-electron chi connectivity index (χ4n) is 4.12. The molecule has 2 heterocycles. The summed E-state index contributed by atoms with van der Waals surface area (Å²) in [4.78, 5) is 0.697. The van der Waals surface area contributed by atoms with Crippen LogP contribution in [0.2, 0.25) is 0 Å². The third-order valence-corrected chi connectivity index (χ3v) is 8.08. The van der Waals surface area contributed by atoms with Crippen LogP contribution in [-0.4, -0.2) is 24.5 Å². The van der Waals surface area contributed by atoms with E-state index < -0.39 is 21.7 Å². The summed E-state index contributed by atoms with van der Waals surface area (Å²) >= 11 is 1.24. The molecule has 3 aromatic carbocycles. The number of thiophene rings is 1. The van der Waals surface area contributed by atoms with E-state index in [-0.39, 0.29) is 17.2 Å². The summed E-state index contributed by atoms with van der Waals surface area (Å²) in [5.74, 6) is 0.384. The fourth-order valence-corrected chi connectivity index (χ4v) is 5.71. The number of halogens is 3. The number of hydrogen-bond acceptors (Lipinski definition) is 5. The molecule has 0 N–H and O–H groups in total. The van der Waals surface area contributed by atoms with E-state index in [1.165, 1.54) is 22.1 Å². The average Bonchev–Trinajstić information content (AvgIpc) is 3.55. The first-order chi connectivity index (χ1) is 18.5. The first-order valence-corrected chi connectivity index (χ1v) is 14.6. The molecule has 0 spiro atoms. The van der Waals surface area contributed by atoms with Gasteiger partial charge < -0.3 is 4.74 Å². The molecule has 0 unspecified atom stereocenters. The lowest BCUT2D eigenvalue weighted by atomic mass is 10.1. The number of aromatic nitrogens is 2. The first-order valence-electron chi connectivity index (χ1n) is 11.8. The maximum Gasteiger partial charge on any atom is 0.435 e. The van der Waals surface area contributed by atoms with E-state index in [2.05, 4.69) is 5.10 Å². The molecular formula is C29H23F3N2O3S2. The molecule has 0 aliphatic heterocycles. The van der Waals surface area contributed by atoms with Gasteiger partial charge in [-0.15, -0.1) is 11.3 Å². The number of rotatable bonds is 7. The van der Waals surface area contributed by atoms with Crippen molar-refractivity contribution in [2.24, 2.45) is 0 Å². The molecule has 0 radical (unpaired) electrons. The zero-order valence-electron chi connectivity index (χ0n) is 20.9. The Bertz CT molecular complexity index is 1760. The van der Waals surface area contributed by atoms with Gasteiger partial charge in [0.1, 0.15) is 18.0 Å². The van der Waals surface area contributed by atoms with E-state index in [0.29, 0.717) is 27.4 Å². The van der Waals surface area contributed by atoms with Gasteiger partial charge in [0.25, 0.3) is 0 Å². The Hall–Kier alpha value is -3.89. The summed E-state index contributed by atoms with van der Waals surface area (Å²) in [7, 11) is -3.42. The number of nitrogens with zero attached hydrogens (tertiary/aromatic N) is 2. The van der Waals surface area contributed by atoms with Gasteiger partial charge >= 0.3 is 6.18 Å². The topological polar surface area (TPSA) is 61.2 Å². The van der Waals surface area contributed by atoms with Crippen molar-refractivity contribution in [2.75, 3.05) is 6.26 Å². The second-order valence-corrected chi connectivity index (χ2v) is 12.0. The van der Waals surface area contributed by atoms with Crippen molar-refractivity contribution in [1.29, 1.82) is 0 Å². The fraction of sp³-hybridized carbons (Fsp3) is 0.138. The molecule has 0 aliphatic rings. The van der Waals surface area contributed by atoms with Gasteiger partial charge in [-0.1, -0.05) is 54.1 Å². The van der Waals surface area contributed by atoms with Crippen LogP contribution in [0.4, 0.5) is 13.2 Å². The van der Waals surface area contributed by atoms with Crippen LogP contribution < -0.4 is 4.74 Å². The minimum Gasteiger partial charge on any atom is -0.487 e.